The highest BCUT2D eigenvalue weighted by Crippen LogP contribution is 2.30. The first-order chi connectivity index (χ1) is 15.0. The summed E-state index contributed by atoms with van der Waals surface area (Å²) in [5.41, 5.74) is 4.18. The van der Waals surface area contributed by atoms with E-state index in [0.29, 0.717) is 41.4 Å². The monoisotopic (exact) mass is 421 g/mol. The highest BCUT2D eigenvalue weighted by Gasteiger charge is 2.16. The average Bonchev–Trinajstić information content (AvgIpc) is 3.17. The molecule has 8 heteroatoms. The summed E-state index contributed by atoms with van der Waals surface area (Å²) in [6.45, 7) is 6.49. The molecule has 1 aromatic carbocycles. The number of carbonyl (C=O) groups excluding carboxylic acids is 1. The third-order valence-electron chi connectivity index (χ3n) is 5.15. The number of carbonyl (C=O) groups is 1. The van der Waals surface area contributed by atoms with Crippen LogP contribution in [0.25, 0.3) is 5.65 Å². The second kappa shape index (κ2) is 9.94. The first-order valence-corrected chi connectivity index (χ1v) is 10.3. The van der Waals surface area contributed by atoms with Crippen LogP contribution in [-0.2, 0) is 11.2 Å². The molecule has 8 nitrogen and oxygen atoms in total. The maximum absolute atomic E-state index is 12.7. The molecule has 0 fully saturated rings. The highest BCUT2D eigenvalue weighted by atomic mass is 16.5. The van der Waals surface area contributed by atoms with Gasteiger partial charge in [0, 0.05) is 23.9 Å². The number of aromatic nitrogens is 3. The molecule has 162 valence electrons. The molecule has 0 aliphatic carbocycles. The van der Waals surface area contributed by atoms with Crippen LogP contribution in [0.15, 0.2) is 24.4 Å². The summed E-state index contributed by atoms with van der Waals surface area (Å²) in [7, 11) is 1.58. The number of unbranched alkanes of at least 4 members (excludes halogenated alkanes) is 1. The number of amides is 1. The number of fused-ring (bicyclic) bond motifs is 1. The second-order valence-corrected chi connectivity index (χ2v) is 7.28. The van der Waals surface area contributed by atoms with E-state index in [1.165, 1.54) is 6.20 Å². The summed E-state index contributed by atoms with van der Waals surface area (Å²) < 4.78 is 12.8. The van der Waals surface area contributed by atoms with Crippen LogP contribution < -0.4 is 14.8 Å². The summed E-state index contributed by atoms with van der Waals surface area (Å²) in [4.78, 5) is 17.2. The van der Waals surface area contributed by atoms with Crippen molar-refractivity contribution in [2.75, 3.05) is 19.0 Å². The number of anilines is 1. The fraction of sp³-hybridized carbons (Fsp3) is 0.391. The molecule has 1 N–H and O–H groups in total. The van der Waals surface area contributed by atoms with E-state index >= 15 is 0 Å². The van der Waals surface area contributed by atoms with Crippen molar-refractivity contribution >= 4 is 17.2 Å². The number of methoxy groups -OCH3 is 1. The zero-order valence-electron chi connectivity index (χ0n) is 18.4. The van der Waals surface area contributed by atoms with Gasteiger partial charge in [-0.15, -0.1) is 0 Å². The number of rotatable bonds is 9. The minimum absolute atomic E-state index is 0.134. The molecule has 2 aromatic heterocycles. The fourth-order valence-electron chi connectivity index (χ4n) is 3.39. The predicted octanol–water partition coefficient (Wildman–Crippen LogP) is 3.98. The average molecular weight is 422 g/mol. The Morgan fingerprint density at radius 3 is 2.84 bits per heavy atom. The van der Waals surface area contributed by atoms with Crippen LogP contribution in [0.1, 0.15) is 48.7 Å². The van der Waals surface area contributed by atoms with E-state index in [0.717, 1.165) is 29.8 Å². The molecule has 0 saturated carbocycles. The van der Waals surface area contributed by atoms with E-state index in [1.54, 1.807) is 23.8 Å². The first kappa shape index (κ1) is 22.1. The second-order valence-electron chi connectivity index (χ2n) is 7.28. The number of nitriles is 1. The lowest BCUT2D eigenvalue weighted by Gasteiger charge is -2.14. The van der Waals surface area contributed by atoms with E-state index in [2.05, 4.69) is 28.4 Å². The molecule has 3 aromatic rings. The molecule has 0 bridgehead atoms. The Morgan fingerprint density at radius 1 is 1.32 bits per heavy atom. The Balaban J connectivity index is 1.74. The zero-order chi connectivity index (χ0) is 22.4. The molecule has 0 unspecified atom stereocenters. The number of hydrogen-bond donors (Lipinski definition) is 1. The van der Waals surface area contributed by atoms with Crippen molar-refractivity contribution in [3.05, 3.63) is 46.9 Å². The van der Waals surface area contributed by atoms with Gasteiger partial charge in [-0.25, -0.2) is 9.50 Å². The fourth-order valence-corrected chi connectivity index (χ4v) is 3.39. The quantitative estimate of drug-likeness (QED) is 0.525. The van der Waals surface area contributed by atoms with Crippen LogP contribution in [0.5, 0.6) is 11.5 Å². The summed E-state index contributed by atoms with van der Waals surface area (Å²) >= 11 is 0. The first-order valence-electron chi connectivity index (χ1n) is 10.3. The molecule has 0 aliphatic rings. The lowest BCUT2D eigenvalue weighted by molar-refractivity contribution is -0.116. The molecule has 0 spiro atoms. The van der Waals surface area contributed by atoms with Crippen LogP contribution in [0.2, 0.25) is 0 Å². The Bertz CT molecular complexity index is 1130. The van der Waals surface area contributed by atoms with Crippen molar-refractivity contribution in [3.63, 3.8) is 0 Å². The third-order valence-corrected chi connectivity index (χ3v) is 5.15. The predicted molar refractivity (Wildman–Crippen MR) is 118 cm³/mol. The molecule has 0 aliphatic heterocycles. The summed E-state index contributed by atoms with van der Waals surface area (Å²) in [5, 5.41) is 16.4. The summed E-state index contributed by atoms with van der Waals surface area (Å²) in [6, 6.07) is 7.48. The number of ether oxygens (including phenoxy) is 2. The van der Waals surface area contributed by atoms with Gasteiger partial charge in [-0.05, 0) is 44.4 Å². The van der Waals surface area contributed by atoms with Gasteiger partial charge in [-0.3, -0.25) is 4.79 Å². The number of aryl methyl sites for hydroxylation is 2. The van der Waals surface area contributed by atoms with Crippen LogP contribution in [0, 0.1) is 25.2 Å². The molecule has 3 rings (SSSR count). The van der Waals surface area contributed by atoms with E-state index in [-0.39, 0.29) is 12.3 Å². The molecular weight excluding hydrogens is 394 g/mol. The van der Waals surface area contributed by atoms with E-state index < -0.39 is 0 Å². The van der Waals surface area contributed by atoms with Gasteiger partial charge in [0.2, 0.25) is 5.91 Å². The van der Waals surface area contributed by atoms with E-state index in [9.17, 15) is 10.1 Å². The van der Waals surface area contributed by atoms with Gasteiger partial charge >= 0.3 is 0 Å². The van der Waals surface area contributed by atoms with Crippen LogP contribution >= 0.6 is 0 Å². The van der Waals surface area contributed by atoms with Crippen molar-refractivity contribution in [2.24, 2.45) is 0 Å². The van der Waals surface area contributed by atoms with Gasteiger partial charge in [-0.1, -0.05) is 13.3 Å². The molecular formula is C23H27N5O3. The SMILES string of the molecule is CCCCOc1ccc(OC)cc1NC(=O)CCc1c(C)nc2c(C#N)cnn2c1C. The highest BCUT2D eigenvalue weighted by molar-refractivity contribution is 5.92. The zero-order valence-corrected chi connectivity index (χ0v) is 18.4. The van der Waals surface area contributed by atoms with Crippen molar-refractivity contribution < 1.29 is 14.3 Å². The molecule has 1 amide bonds. The normalized spacial score (nSPS) is 10.7. The van der Waals surface area contributed by atoms with Gasteiger partial charge in [0.1, 0.15) is 23.1 Å². The molecule has 0 radical (unpaired) electrons. The Labute approximate surface area is 181 Å². The van der Waals surface area contributed by atoms with Gasteiger partial charge in [0.15, 0.2) is 5.65 Å². The standard InChI is InChI=1S/C23H27N5O3/c1-5-6-11-31-21-9-7-18(30-4)12-20(21)27-22(29)10-8-19-15(2)26-23-17(13-24)14-25-28(23)16(19)3/h7,9,12,14H,5-6,8,10-11H2,1-4H3,(H,27,29). The lowest BCUT2D eigenvalue weighted by atomic mass is 10.1. The molecule has 0 saturated heterocycles. The molecule has 2 heterocycles. The van der Waals surface area contributed by atoms with Gasteiger partial charge in [0.05, 0.1) is 25.6 Å². The van der Waals surface area contributed by atoms with E-state index in [1.807, 2.05) is 19.9 Å². The van der Waals surface area contributed by atoms with E-state index in [4.69, 9.17) is 9.47 Å². The largest absolute Gasteiger partial charge is 0.497 e. The maximum Gasteiger partial charge on any atom is 0.224 e. The topological polar surface area (TPSA) is 102 Å². The number of nitrogens with zero attached hydrogens (tertiary/aromatic N) is 4. The maximum atomic E-state index is 12.7. The molecule has 0 atom stereocenters. The summed E-state index contributed by atoms with van der Waals surface area (Å²) in [6.07, 6.45) is 4.25. The minimum Gasteiger partial charge on any atom is -0.497 e. The van der Waals surface area contributed by atoms with Crippen molar-refractivity contribution in [1.29, 1.82) is 5.26 Å². The van der Waals surface area contributed by atoms with Crippen molar-refractivity contribution in [1.82, 2.24) is 14.6 Å². The number of benzene rings is 1. The third kappa shape index (κ3) is 4.94. The Kier molecular flexibility index (Phi) is 7.08. The Morgan fingerprint density at radius 2 is 2.13 bits per heavy atom. The van der Waals surface area contributed by atoms with Crippen LogP contribution in [0.4, 0.5) is 5.69 Å². The van der Waals surface area contributed by atoms with Crippen molar-refractivity contribution in [3.8, 4) is 17.6 Å². The van der Waals surface area contributed by atoms with Crippen LogP contribution in [-0.4, -0.2) is 34.2 Å². The number of hydrogen-bond acceptors (Lipinski definition) is 6. The van der Waals surface area contributed by atoms with Gasteiger partial charge < -0.3 is 14.8 Å². The van der Waals surface area contributed by atoms with Gasteiger partial charge in [0.25, 0.3) is 0 Å². The smallest absolute Gasteiger partial charge is 0.224 e. The van der Waals surface area contributed by atoms with Crippen LogP contribution in [0.3, 0.4) is 0 Å². The van der Waals surface area contributed by atoms with Gasteiger partial charge in [-0.2, -0.15) is 10.4 Å². The number of nitrogens with one attached hydrogen (secondary N) is 1. The minimum atomic E-state index is -0.134. The van der Waals surface area contributed by atoms with Crippen molar-refractivity contribution in [2.45, 2.75) is 46.5 Å². The summed E-state index contributed by atoms with van der Waals surface area (Å²) in [5.74, 6) is 1.13. The Hall–Kier alpha value is -3.60. The molecule has 31 heavy (non-hydrogen) atoms. The lowest BCUT2D eigenvalue weighted by Crippen LogP contribution is -2.15.